The van der Waals surface area contributed by atoms with Crippen LogP contribution in [0.2, 0.25) is 0 Å². The van der Waals surface area contributed by atoms with Gasteiger partial charge < -0.3 is 5.73 Å². The Morgan fingerprint density at radius 1 is 0.857 bits per heavy atom. The van der Waals surface area contributed by atoms with Crippen molar-refractivity contribution in [3.63, 3.8) is 0 Å². The van der Waals surface area contributed by atoms with Crippen molar-refractivity contribution in [1.82, 2.24) is 9.97 Å². The number of anilines is 1. The van der Waals surface area contributed by atoms with Crippen LogP contribution < -0.4 is 5.73 Å². The first kappa shape index (κ1) is 17.9. The lowest BCUT2D eigenvalue weighted by Gasteiger charge is -2.30. The molecule has 1 rings (SSSR count). The van der Waals surface area contributed by atoms with E-state index in [1.54, 1.807) is 12.4 Å². The highest BCUT2D eigenvalue weighted by Gasteiger charge is 2.29. The van der Waals surface area contributed by atoms with Gasteiger partial charge in [0.05, 0.1) is 5.69 Å². The van der Waals surface area contributed by atoms with Gasteiger partial charge in [0.15, 0.2) is 0 Å². The van der Waals surface area contributed by atoms with E-state index >= 15 is 0 Å². The van der Waals surface area contributed by atoms with E-state index in [0.29, 0.717) is 5.82 Å². The Balaban J connectivity index is 2.70. The molecular formula is C18H33N3. The lowest BCUT2D eigenvalue weighted by atomic mass is 9.76. The van der Waals surface area contributed by atoms with Gasteiger partial charge in [-0.3, -0.25) is 4.98 Å². The number of nitrogens with two attached hydrogens (primary N) is 1. The maximum absolute atomic E-state index is 6.09. The van der Waals surface area contributed by atoms with Crippen LogP contribution in [0.15, 0.2) is 12.4 Å². The van der Waals surface area contributed by atoms with Gasteiger partial charge in [-0.05, 0) is 12.8 Å². The second kappa shape index (κ2) is 9.75. The standard InChI is InChI=1S/C18H33N3/c1-4-6-8-10-12-18(3,13-11-9-7-5-2)16-17(19)21-15-14-20-16/h14-15H,4-13H2,1-3H3,(H2,19,21). The molecule has 0 aliphatic carbocycles. The molecule has 1 heterocycles. The number of rotatable bonds is 11. The molecule has 0 aliphatic rings. The van der Waals surface area contributed by atoms with Crippen LogP contribution in [-0.4, -0.2) is 9.97 Å². The van der Waals surface area contributed by atoms with Crippen LogP contribution >= 0.6 is 0 Å². The van der Waals surface area contributed by atoms with E-state index < -0.39 is 0 Å². The van der Waals surface area contributed by atoms with E-state index in [0.717, 1.165) is 5.69 Å². The van der Waals surface area contributed by atoms with Crippen LogP contribution in [0.4, 0.5) is 5.82 Å². The first-order chi connectivity index (χ1) is 10.1. The Bertz CT molecular complexity index is 378. The van der Waals surface area contributed by atoms with Crippen molar-refractivity contribution in [3.05, 3.63) is 18.1 Å². The summed E-state index contributed by atoms with van der Waals surface area (Å²) in [5, 5.41) is 0. The van der Waals surface area contributed by atoms with Gasteiger partial charge in [0, 0.05) is 17.8 Å². The van der Waals surface area contributed by atoms with Crippen LogP contribution in [-0.2, 0) is 5.41 Å². The van der Waals surface area contributed by atoms with Crippen molar-refractivity contribution in [2.24, 2.45) is 0 Å². The van der Waals surface area contributed by atoms with E-state index in [9.17, 15) is 0 Å². The molecule has 0 amide bonds. The van der Waals surface area contributed by atoms with Gasteiger partial charge in [-0.2, -0.15) is 0 Å². The number of unbranched alkanes of at least 4 members (excludes halogenated alkanes) is 6. The predicted molar refractivity (Wildman–Crippen MR) is 91.3 cm³/mol. The molecule has 0 radical (unpaired) electrons. The zero-order valence-electron chi connectivity index (χ0n) is 14.2. The summed E-state index contributed by atoms with van der Waals surface area (Å²) in [6, 6.07) is 0. The number of hydrogen-bond acceptors (Lipinski definition) is 3. The second-order valence-corrected chi connectivity index (χ2v) is 6.47. The Morgan fingerprint density at radius 2 is 1.38 bits per heavy atom. The molecule has 0 saturated heterocycles. The lowest BCUT2D eigenvalue weighted by Crippen LogP contribution is -2.25. The molecule has 0 aromatic carbocycles. The number of nitrogens with zero attached hydrogens (tertiary/aromatic N) is 2. The molecule has 0 atom stereocenters. The Hall–Kier alpha value is -1.12. The molecule has 0 unspecified atom stereocenters. The molecule has 120 valence electrons. The fourth-order valence-corrected chi connectivity index (χ4v) is 3.06. The summed E-state index contributed by atoms with van der Waals surface area (Å²) in [5.74, 6) is 0.617. The third-order valence-corrected chi connectivity index (χ3v) is 4.46. The zero-order chi connectivity index (χ0) is 15.6. The largest absolute Gasteiger partial charge is 0.382 e. The summed E-state index contributed by atoms with van der Waals surface area (Å²) < 4.78 is 0. The average molecular weight is 291 g/mol. The molecule has 3 nitrogen and oxygen atoms in total. The van der Waals surface area contributed by atoms with E-state index in [-0.39, 0.29) is 5.41 Å². The molecule has 21 heavy (non-hydrogen) atoms. The number of nitrogen functional groups attached to an aromatic ring is 1. The van der Waals surface area contributed by atoms with Crippen molar-refractivity contribution in [1.29, 1.82) is 0 Å². The number of hydrogen-bond donors (Lipinski definition) is 1. The smallest absolute Gasteiger partial charge is 0.145 e. The van der Waals surface area contributed by atoms with Crippen LogP contribution in [0.5, 0.6) is 0 Å². The average Bonchev–Trinajstić information content (AvgIpc) is 2.49. The normalized spacial score (nSPS) is 11.8. The summed E-state index contributed by atoms with van der Waals surface area (Å²) in [6.07, 6.45) is 16.1. The number of aromatic nitrogens is 2. The van der Waals surface area contributed by atoms with Crippen molar-refractivity contribution in [2.45, 2.75) is 90.4 Å². The van der Waals surface area contributed by atoms with Crippen molar-refractivity contribution in [3.8, 4) is 0 Å². The molecule has 0 fully saturated rings. The highest BCUT2D eigenvalue weighted by atomic mass is 14.9. The van der Waals surface area contributed by atoms with Gasteiger partial charge in [-0.1, -0.05) is 72.1 Å². The second-order valence-electron chi connectivity index (χ2n) is 6.47. The van der Waals surface area contributed by atoms with E-state index in [4.69, 9.17) is 5.73 Å². The molecule has 3 heteroatoms. The zero-order valence-corrected chi connectivity index (χ0v) is 14.2. The molecule has 0 spiro atoms. The topological polar surface area (TPSA) is 51.8 Å². The van der Waals surface area contributed by atoms with Gasteiger partial charge >= 0.3 is 0 Å². The molecule has 0 bridgehead atoms. The fraction of sp³-hybridized carbons (Fsp3) is 0.778. The summed E-state index contributed by atoms with van der Waals surface area (Å²) in [4.78, 5) is 8.81. The molecule has 1 aromatic heterocycles. The SMILES string of the molecule is CCCCCCC(C)(CCCCCC)c1nccnc1N. The van der Waals surface area contributed by atoms with E-state index in [1.807, 2.05) is 0 Å². The van der Waals surface area contributed by atoms with Crippen molar-refractivity contribution < 1.29 is 0 Å². The minimum Gasteiger partial charge on any atom is -0.382 e. The Kier molecular flexibility index (Phi) is 8.33. The maximum Gasteiger partial charge on any atom is 0.145 e. The molecule has 2 N–H and O–H groups in total. The Labute approximate surface area is 130 Å². The molecule has 0 aliphatic heterocycles. The van der Waals surface area contributed by atoms with Crippen molar-refractivity contribution in [2.75, 3.05) is 5.73 Å². The van der Waals surface area contributed by atoms with Gasteiger partial charge in [0.1, 0.15) is 5.82 Å². The maximum atomic E-state index is 6.09. The third kappa shape index (κ3) is 6.03. The predicted octanol–water partition coefficient (Wildman–Crippen LogP) is 5.26. The highest BCUT2D eigenvalue weighted by Crippen LogP contribution is 2.36. The Morgan fingerprint density at radius 3 is 1.86 bits per heavy atom. The first-order valence-electron chi connectivity index (χ1n) is 8.71. The van der Waals surface area contributed by atoms with Gasteiger partial charge in [-0.15, -0.1) is 0 Å². The minimum atomic E-state index is 0.0832. The lowest BCUT2D eigenvalue weighted by molar-refractivity contribution is 0.356. The fourth-order valence-electron chi connectivity index (χ4n) is 3.06. The third-order valence-electron chi connectivity index (χ3n) is 4.46. The van der Waals surface area contributed by atoms with Gasteiger partial charge in [-0.25, -0.2) is 4.98 Å². The van der Waals surface area contributed by atoms with Crippen LogP contribution in [0.1, 0.15) is 90.7 Å². The molecular weight excluding hydrogens is 258 g/mol. The summed E-state index contributed by atoms with van der Waals surface area (Å²) in [5.41, 5.74) is 7.19. The summed E-state index contributed by atoms with van der Waals surface area (Å²) in [7, 11) is 0. The van der Waals surface area contributed by atoms with Crippen LogP contribution in [0, 0.1) is 0 Å². The summed E-state index contributed by atoms with van der Waals surface area (Å²) >= 11 is 0. The van der Waals surface area contributed by atoms with Crippen molar-refractivity contribution >= 4 is 5.82 Å². The van der Waals surface area contributed by atoms with Gasteiger partial charge in [0.25, 0.3) is 0 Å². The minimum absolute atomic E-state index is 0.0832. The first-order valence-corrected chi connectivity index (χ1v) is 8.71. The molecule has 0 saturated carbocycles. The monoisotopic (exact) mass is 291 g/mol. The van der Waals surface area contributed by atoms with Crippen LogP contribution in [0.3, 0.4) is 0 Å². The highest BCUT2D eigenvalue weighted by molar-refractivity contribution is 5.38. The summed E-state index contributed by atoms with van der Waals surface area (Å²) in [6.45, 7) is 6.83. The van der Waals surface area contributed by atoms with Crippen LogP contribution in [0.25, 0.3) is 0 Å². The van der Waals surface area contributed by atoms with E-state index in [2.05, 4.69) is 30.7 Å². The quantitative estimate of drug-likeness (QED) is 0.566. The molecule has 1 aromatic rings. The van der Waals surface area contributed by atoms with E-state index in [1.165, 1.54) is 64.2 Å². The van der Waals surface area contributed by atoms with Gasteiger partial charge in [0.2, 0.25) is 0 Å².